The Kier molecular flexibility index (Phi) is 3.74. The van der Waals surface area contributed by atoms with E-state index in [1.54, 1.807) is 16.9 Å². The van der Waals surface area contributed by atoms with Gasteiger partial charge in [-0.05, 0) is 19.9 Å². The average Bonchev–Trinajstić information content (AvgIpc) is 2.65. The van der Waals surface area contributed by atoms with Crippen molar-refractivity contribution < 1.29 is 4.79 Å². The topological polar surface area (TPSA) is 98.7 Å². The molecule has 0 unspecified atom stereocenters. The molecule has 0 saturated carbocycles. The number of amides is 1. The Hall–Kier alpha value is -2.44. The monoisotopic (exact) mass is 260 g/mol. The molecule has 7 heteroatoms. The van der Waals surface area contributed by atoms with E-state index in [1.165, 1.54) is 6.33 Å². The standard InChI is InChI=1S/C12H16N6O/c1-8-12(13)9(2)18(17-8)6-11(19)15-5-10-3-4-14-7-16-10/h3-4,7H,5-6,13H2,1-2H3,(H,15,19). The van der Waals surface area contributed by atoms with E-state index in [2.05, 4.69) is 20.4 Å². The van der Waals surface area contributed by atoms with Crippen molar-refractivity contribution >= 4 is 11.6 Å². The molecule has 0 spiro atoms. The average molecular weight is 260 g/mol. The number of anilines is 1. The predicted octanol–water partition coefficient (Wildman–Crippen LogP) is 0.189. The second-order valence-corrected chi connectivity index (χ2v) is 4.22. The first kappa shape index (κ1) is 13.0. The van der Waals surface area contributed by atoms with Crippen LogP contribution in [0.5, 0.6) is 0 Å². The van der Waals surface area contributed by atoms with Crippen LogP contribution in [0.15, 0.2) is 18.6 Å². The molecule has 0 aliphatic heterocycles. The van der Waals surface area contributed by atoms with Gasteiger partial charge in [-0.2, -0.15) is 5.10 Å². The molecule has 2 aromatic heterocycles. The minimum absolute atomic E-state index is 0.135. The van der Waals surface area contributed by atoms with Crippen molar-refractivity contribution in [3.63, 3.8) is 0 Å². The van der Waals surface area contributed by atoms with E-state index in [0.29, 0.717) is 12.2 Å². The molecule has 0 bridgehead atoms. The quantitative estimate of drug-likeness (QED) is 0.817. The molecule has 3 N–H and O–H groups in total. The zero-order chi connectivity index (χ0) is 13.8. The van der Waals surface area contributed by atoms with E-state index in [9.17, 15) is 4.79 Å². The molecule has 100 valence electrons. The molecule has 0 fully saturated rings. The van der Waals surface area contributed by atoms with Crippen LogP contribution in [0, 0.1) is 13.8 Å². The number of carbonyl (C=O) groups excluding carboxylic acids is 1. The summed E-state index contributed by atoms with van der Waals surface area (Å²) in [5.74, 6) is -0.135. The summed E-state index contributed by atoms with van der Waals surface area (Å²) in [7, 11) is 0. The Labute approximate surface area is 110 Å². The first-order chi connectivity index (χ1) is 9.08. The van der Waals surface area contributed by atoms with Crippen molar-refractivity contribution in [1.82, 2.24) is 25.1 Å². The van der Waals surface area contributed by atoms with Gasteiger partial charge in [0.05, 0.1) is 29.3 Å². The van der Waals surface area contributed by atoms with Gasteiger partial charge in [-0.3, -0.25) is 9.48 Å². The SMILES string of the molecule is Cc1nn(CC(=O)NCc2ccncn2)c(C)c1N. The van der Waals surface area contributed by atoms with Gasteiger partial charge in [-0.25, -0.2) is 9.97 Å². The molecular weight excluding hydrogens is 244 g/mol. The Morgan fingerprint density at radius 1 is 1.47 bits per heavy atom. The van der Waals surface area contributed by atoms with Gasteiger partial charge in [-0.1, -0.05) is 0 Å². The summed E-state index contributed by atoms with van der Waals surface area (Å²) in [4.78, 5) is 19.6. The van der Waals surface area contributed by atoms with E-state index >= 15 is 0 Å². The number of aromatic nitrogens is 4. The number of nitrogens with zero attached hydrogens (tertiary/aromatic N) is 4. The summed E-state index contributed by atoms with van der Waals surface area (Å²) in [5.41, 5.74) is 8.74. The molecule has 0 aliphatic carbocycles. The van der Waals surface area contributed by atoms with Gasteiger partial charge >= 0.3 is 0 Å². The van der Waals surface area contributed by atoms with Crippen molar-refractivity contribution in [2.45, 2.75) is 26.9 Å². The molecule has 1 amide bonds. The van der Waals surface area contributed by atoms with Gasteiger partial charge in [0.2, 0.25) is 5.91 Å². The fourth-order valence-electron chi connectivity index (χ4n) is 1.67. The van der Waals surface area contributed by atoms with E-state index in [4.69, 9.17) is 5.73 Å². The van der Waals surface area contributed by atoms with Gasteiger partial charge in [0, 0.05) is 6.20 Å². The number of aryl methyl sites for hydroxylation is 1. The van der Waals surface area contributed by atoms with Crippen LogP contribution in [0.1, 0.15) is 17.1 Å². The van der Waals surface area contributed by atoms with Crippen LogP contribution in [0.3, 0.4) is 0 Å². The minimum atomic E-state index is -0.135. The molecule has 2 rings (SSSR count). The summed E-state index contributed by atoms with van der Waals surface area (Å²) in [6.45, 7) is 4.18. The van der Waals surface area contributed by atoms with E-state index in [-0.39, 0.29) is 12.5 Å². The van der Waals surface area contributed by atoms with Crippen molar-refractivity contribution in [2.24, 2.45) is 0 Å². The highest BCUT2D eigenvalue weighted by molar-refractivity contribution is 5.75. The summed E-state index contributed by atoms with van der Waals surface area (Å²) >= 11 is 0. The van der Waals surface area contributed by atoms with Gasteiger partial charge in [0.1, 0.15) is 12.9 Å². The maximum Gasteiger partial charge on any atom is 0.242 e. The zero-order valence-corrected chi connectivity index (χ0v) is 10.9. The second-order valence-electron chi connectivity index (χ2n) is 4.22. The maximum atomic E-state index is 11.8. The first-order valence-corrected chi connectivity index (χ1v) is 5.89. The van der Waals surface area contributed by atoms with E-state index in [1.807, 2.05) is 13.8 Å². The number of hydrogen-bond acceptors (Lipinski definition) is 5. The lowest BCUT2D eigenvalue weighted by Gasteiger charge is -2.06. The minimum Gasteiger partial charge on any atom is -0.396 e. The maximum absolute atomic E-state index is 11.8. The molecule has 19 heavy (non-hydrogen) atoms. The van der Waals surface area contributed by atoms with E-state index in [0.717, 1.165) is 17.1 Å². The third-order valence-electron chi connectivity index (χ3n) is 2.84. The number of nitrogen functional groups attached to an aromatic ring is 1. The smallest absolute Gasteiger partial charge is 0.242 e. The highest BCUT2D eigenvalue weighted by Gasteiger charge is 2.11. The van der Waals surface area contributed by atoms with Gasteiger partial charge in [0.15, 0.2) is 0 Å². The zero-order valence-electron chi connectivity index (χ0n) is 10.9. The Bertz CT molecular complexity index is 577. The van der Waals surface area contributed by atoms with Crippen LogP contribution in [0.2, 0.25) is 0 Å². The molecule has 0 atom stereocenters. The number of nitrogens with one attached hydrogen (secondary N) is 1. The molecular formula is C12H16N6O. The second kappa shape index (κ2) is 5.47. The summed E-state index contributed by atoms with van der Waals surface area (Å²) < 4.78 is 1.60. The number of carbonyl (C=O) groups is 1. The van der Waals surface area contributed by atoms with Crippen LogP contribution in [0.25, 0.3) is 0 Å². The fraction of sp³-hybridized carbons (Fsp3) is 0.333. The fourth-order valence-corrected chi connectivity index (χ4v) is 1.67. The van der Waals surface area contributed by atoms with Gasteiger partial charge < -0.3 is 11.1 Å². The van der Waals surface area contributed by atoms with Crippen LogP contribution in [0.4, 0.5) is 5.69 Å². The Morgan fingerprint density at radius 3 is 2.84 bits per heavy atom. The molecule has 0 aliphatic rings. The highest BCUT2D eigenvalue weighted by Crippen LogP contribution is 2.14. The third-order valence-corrected chi connectivity index (χ3v) is 2.84. The van der Waals surface area contributed by atoms with Crippen molar-refractivity contribution in [2.75, 3.05) is 5.73 Å². The summed E-state index contributed by atoms with van der Waals surface area (Å²) in [5, 5.41) is 6.98. The van der Waals surface area contributed by atoms with E-state index < -0.39 is 0 Å². The molecule has 2 aromatic rings. The normalized spacial score (nSPS) is 10.4. The first-order valence-electron chi connectivity index (χ1n) is 5.89. The van der Waals surface area contributed by atoms with Crippen LogP contribution in [-0.4, -0.2) is 25.7 Å². The van der Waals surface area contributed by atoms with Crippen molar-refractivity contribution in [3.05, 3.63) is 35.7 Å². The van der Waals surface area contributed by atoms with Crippen LogP contribution >= 0.6 is 0 Å². The van der Waals surface area contributed by atoms with Gasteiger partial charge in [-0.15, -0.1) is 0 Å². The third kappa shape index (κ3) is 3.06. The Balaban J connectivity index is 1.93. The van der Waals surface area contributed by atoms with Crippen LogP contribution < -0.4 is 11.1 Å². The molecule has 7 nitrogen and oxygen atoms in total. The largest absolute Gasteiger partial charge is 0.396 e. The summed E-state index contributed by atoms with van der Waals surface area (Å²) in [6.07, 6.45) is 3.08. The molecule has 2 heterocycles. The molecule has 0 aromatic carbocycles. The molecule has 0 radical (unpaired) electrons. The number of hydrogen-bond donors (Lipinski definition) is 2. The lowest BCUT2D eigenvalue weighted by molar-refractivity contribution is -0.122. The van der Waals surface area contributed by atoms with Crippen LogP contribution in [-0.2, 0) is 17.9 Å². The summed E-state index contributed by atoms with van der Waals surface area (Å²) in [6, 6.07) is 1.75. The predicted molar refractivity (Wildman–Crippen MR) is 70.0 cm³/mol. The molecule has 0 saturated heterocycles. The van der Waals surface area contributed by atoms with Crippen molar-refractivity contribution in [1.29, 1.82) is 0 Å². The lowest BCUT2D eigenvalue weighted by atomic mass is 10.3. The number of nitrogens with two attached hydrogens (primary N) is 1. The lowest BCUT2D eigenvalue weighted by Crippen LogP contribution is -2.28. The highest BCUT2D eigenvalue weighted by atomic mass is 16.2. The number of rotatable bonds is 4. The Morgan fingerprint density at radius 2 is 2.26 bits per heavy atom. The van der Waals surface area contributed by atoms with Crippen molar-refractivity contribution in [3.8, 4) is 0 Å². The van der Waals surface area contributed by atoms with Gasteiger partial charge in [0.25, 0.3) is 0 Å².